The Morgan fingerprint density at radius 3 is 2.94 bits per heavy atom. The molecule has 0 heterocycles. The fourth-order valence-electron chi connectivity index (χ4n) is 2.23. The highest BCUT2D eigenvalue weighted by Crippen LogP contribution is 2.37. The SMILES string of the molecule is CCC(C)SCC(=O)CC1Cc2ccccc21. The number of fused-ring (bicyclic) bond motifs is 1. The molecule has 1 aliphatic carbocycles. The summed E-state index contributed by atoms with van der Waals surface area (Å²) in [6.07, 6.45) is 2.97. The molecular weight excluding hydrogens is 228 g/mol. The van der Waals surface area contributed by atoms with Crippen LogP contribution in [-0.2, 0) is 11.2 Å². The van der Waals surface area contributed by atoms with E-state index >= 15 is 0 Å². The second kappa shape index (κ2) is 5.72. The van der Waals surface area contributed by atoms with Crippen LogP contribution in [0, 0.1) is 0 Å². The van der Waals surface area contributed by atoms with Crippen molar-refractivity contribution in [2.24, 2.45) is 0 Å². The molecule has 17 heavy (non-hydrogen) atoms. The number of hydrogen-bond acceptors (Lipinski definition) is 2. The van der Waals surface area contributed by atoms with Crippen LogP contribution in [-0.4, -0.2) is 16.8 Å². The smallest absolute Gasteiger partial charge is 0.143 e. The molecule has 0 saturated heterocycles. The van der Waals surface area contributed by atoms with E-state index < -0.39 is 0 Å². The van der Waals surface area contributed by atoms with Crippen molar-refractivity contribution >= 4 is 17.5 Å². The van der Waals surface area contributed by atoms with Crippen molar-refractivity contribution in [3.63, 3.8) is 0 Å². The summed E-state index contributed by atoms with van der Waals surface area (Å²) < 4.78 is 0. The van der Waals surface area contributed by atoms with E-state index in [-0.39, 0.29) is 0 Å². The summed E-state index contributed by atoms with van der Waals surface area (Å²) in [6, 6.07) is 8.49. The van der Waals surface area contributed by atoms with Crippen LogP contribution in [0.2, 0.25) is 0 Å². The van der Waals surface area contributed by atoms with E-state index in [1.165, 1.54) is 11.1 Å². The lowest BCUT2D eigenvalue weighted by Gasteiger charge is -2.29. The quantitative estimate of drug-likeness (QED) is 0.761. The third-order valence-corrected chi connectivity index (χ3v) is 4.93. The number of rotatable bonds is 6. The molecule has 2 heteroatoms. The zero-order chi connectivity index (χ0) is 12.3. The average molecular weight is 248 g/mol. The van der Waals surface area contributed by atoms with Gasteiger partial charge in [0.25, 0.3) is 0 Å². The maximum atomic E-state index is 11.9. The van der Waals surface area contributed by atoms with Gasteiger partial charge in [-0.15, -0.1) is 0 Å². The Morgan fingerprint density at radius 2 is 2.24 bits per heavy atom. The Hall–Kier alpha value is -0.760. The first-order chi connectivity index (χ1) is 8.20. The van der Waals surface area contributed by atoms with E-state index in [0.717, 1.165) is 19.3 Å². The third-order valence-electron chi connectivity index (χ3n) is 3.54. The molecule has 2 unspecified atom stereocenters. The molecule has 0 saturated carbocycles. The van der Waals surface area contributed by atoms with Gasteiger partial charge < -0.3 is 0 Å². The predicted octanol–water partition coefficient (Wildman–Crippen LogP) is 3.82. The van der Waals surface area contributed by atoms with Gasteiger partial charge in [-0.3, -0.25) is 4.79 Å². The standard InChI is InChI=1S/C15H20OS/c1-3-11(2)17-10-14(16)9-13-8-12-6-4-5-7-15(12)13/h4-7,11,13H,3,8-10H2,1-2H3. The van der Waals surface area contributed by atoms with E-state index in [0.29, 0.717) is 22.7 Å². The van der Waals surface area contributed by atoms with Crippen LogP contribution >= 0.6 is 11.8 Å². The van der Waals surface area contributed by atoms with E-state index in [1.807, 2.05) is 0 Å². The summed E-state index contributed by atoms with van der Waals surface area (Å²) in [6.45, 7) is 4.36. The number of carbonyl (C=O) groups excluding carboxylic acids is 1. The van der Waals surface area contributed by atoms with Crippen LogP contribution in [0.5, 0.6) is 0 Å². The molecule has 1 aromatic carbocycles. The van der Waals surface area contributed by atoms with Gasteiger partial charge in [-0.1, -0.05) is 38.1 Å². The van der Waals surface area contributed by atoms with E-state index in [1.54, 1.807) is 11.8 Å². The number of benzene rings is 1. The van der Waals surface area contributed by atoms with Crippen LogP contribution < -0.4 is 0 Å². The summed E-state index contributed by atoms with van der Waals surface area (Å²) >= 11 is 1.79. The molecule has 0 amide bonds. The maximum absolute atomic E-state index is 11.9. The fourth-order valence-corrected chi connectivity index (χ4v) is 3.06. The lowest BCUT2D eigenvalue weighted by Crippen LogP contribution is -2.21. The number of hydrogen-bond donors (Lipinski definition) is 0. The van der Waals surface area contributed by atoms with Gasteiger partial charge in [-0.2, -0.15) is 11.8 Å². The van der Waals surface area contributed by atoms with E-state index in [4.69, 9.17) is 0 Å². The number of Topliss-reactive ketones (excluding diaryl/α,β-unsaturated/α-hetero) is 1. The molecular formula is C15H20OS. The number of thioether (sulfide) groups is 1. The first-order valence-electron chi connectivity index (χ1n) is 6.41. The normalized spacial score (nSPS) is 19.3. The maximum Gasteiger partial charge on any atom is 0.143 e. The first kappa shape index (κ1) is 12.7. The van der Waals surface area contributed by atoms with Crippen molar-refractivity contribution in [1.29, 1.82) is 0 Å². The van der Waals surface area contributed by atoms with Gasteiger partial charge in [0.2, 0.25) is 0 Å². The zero-order valence-electron chi connectivity index (χ0n) is 10.6. The molecule has 0 aliphatic heterocycles. The zero-order valence-corrected chi connectivity index (χ0v) is 11.4. The van der Waals surface area contributed by atoms with Gasteiger partial charge >= 0.3 is 0 Å². The summed E-state index contributed by atoms with van der Waals surface area (Å²) in [5.41, 5.74) is 2.83. The molecule has 1 aromatic rings. The highest BCUT2D eigenvalue weighted by molar-refractivity contribution is 8.00. The van der Waals surface area contributed by atoms with Crippen molar-refractivity contribution in [3.05, 3.63) is 35.4 Å². The topological polar surface area (TPSA) is 17.1 Å². The van der Waals surface area contributed by atoms with Gasteiger partial charge in [-0.05, 0) is 29.9 Å². The minimum atomic E-state index is 0.412. The van der Waals surface area contributed by atoms with E-state index in [2.05, 4.69) is 38.1 Å². The van der Waals surface area contributed by atoms with Crippen molar-refractivity contribution in [1.82, 2.24) is 0 Å². The van der Waals surface area contributed by atoms with Crippen molar-refractivity contribution in [2.45, 2.75) is 44.3 Å². The minimum absolute atomic E-state index is 0.412. The highest BCUT2D eigenvalue weighted by atomic mass is 32.2. The summed E-state index contributed by atoms with van der Waals surface area (Å²) in [5.74, 6) is 1.60. The third kappa shape index (κ3) is 3.12. The molecule has 0 spiro atoms. The average Bonchev–Trinajstić information content (AvgIpc) is 2.33. The van der Waals surface area contributed by atoms with Crippen LogP contribution in [0.4, 0.5) is 0 Å². The molecule has 92 valence electrons. The summed E-state index contributed by atoms with van der Waals surface area (Å²) in [4.78, 5) is 11.9. The lowest BCUT2D eigenvalue weighted by atomic mass is 9.75. The molecule has 0 bridgehead atoms. The van der Waals surface area contributed by atoms with Crippen molar-refractivity contribution in [3.8, 4) is 0 Å². The highest BCUT2D eigenvalue weighted by Gasteiger charge is 2.27. The molecule has 2 rings (SSSR count). The van der Waals surface area contributed by atoms with Crippen LogP contribution in [0.25, 0.3) is 0 Å². The second-order valence-electron chi connectivity index (χ2n) is 4.87. The van der Waals surface area contributed by atoms with Crippen LogP contribution in [0.3, 0.4) is 0 Å². The van der Waals surface area contributed by atoms with Crippen LogP contribution in [0.1, 0.15) is 43.7 Å². The largest absolute Gasteiger partial charge is 0.299 e. The molecule has 1 aliphatic rings. The second-order valence-corrected chi connectivity index (χ2v) is 6.30. The minimum Gasteiger partial charge on any atom is -0.299 e. The lowest BCUT2D eigenvalue weighted by molar-refractivity contribution is -0.117. The number of carbonyl (C=O) groups is 1. The molecule has 0 fully saturated rings. The summed E-state index contributed by atoms with van der Waals surface area (Å²) in [5, 5.41) is 0.604. The van der Waals surface area contributed by atoms with Crippen LogP contribution in [0.15, 0.2) is 24.3 Å². The molecule has 0 N–H and O–H groups in total. The van der Waals surface area contributed by atoms with Crippen molar-refractivity contribution < 1.29 is 4.79 Å². The Kier molecular flexibility index (Phi) is 4.27. The van der Waals surface area contributed by atoms with Gasteiger partial charge in [0.05, 0.1) is 5.75 Å². The Morgan fingerprint density at radius 1 is 1.47 bits per heavy atom. The first-order valence-corrected chi connectivity index (χ1v) is 7.46. The van der Waals surface area contributed by atoms with Gasteiger partial charge in [0, 0.05) is 11.7 Å². The van der Waals surface area contributed by atoms with E-state index in [9.17, 15) is 4.79 Å². The summed E-state index contributed by atoms with van der Waals surface area (Å²) in [7, 11) is 0. The monoisotopic (exact) mass is 248 g/mol. The fraction of sp³-hybridized carbons (Fsp3) is 0.533. The van der Waals surface area contributed by atoms with Crippen molar-refractivity contribution in [2.75, 3.05) is 5.75 Å². The predicted molar refractivity (Wildman–Crippen MR) is 74.7 cm³/mol. The van der Waals surface area contributed by atoms with Gasteiger partial charge in [0.15, 0.2) is 0 Å². The molecule has 2 atom stereocenters. The number of ketones is 1. The van der Waals surface area contributed by atoms with Gasteiger partial charge in [-0.25, -0.2) is 0 Å². The Balaban J connectivity index is 1.78. The van der Waals surface area contributed by atoms with Gasteiger partial charge in [0.1, 0.15) is 5.78 Å². The molecule has 0 aromatic heterocycles. The Bertz CT molecular complexity index is 400. The molecule has 0 radical (unpaired) electrons. The molecule has 1 nitrogen and oxygen atoms in total. The Labute approximate surface area is 108 Å².